The minimum absolute atomic E-state index is 0.293. The third kappa shape index (κ3) is 1.53. The molecule has 0 spiro atoms. The van der Waals surface area contributed by atoms with Gasteiger partial charge in [0.15, 0.2) is 0 Å². The van der Waals surface area contributed by atoms with Gasteiger partial charge in [0.1, 0.15) is 5.60 Å². The van der Waals surface area contributed by atoms with Crippen molar-refractivity contribution in [2.75, 3.05) is 6.54 Å². The van der Waals surface area contributed by atoms with E-state index in [2.05, 4.69) is 0 Å². The zero-order valence-electron chi connectivity index (χ0n) is 7.50. The maximum absolute atomic E-state index is 10.1. The Kier molecular flexibility index (Phi) is 2.88. The summed E-state index contributed by atoms with van der Waals surface area (Å²) in [7, 11) is 0. The van der Waals surface area contributed by atoms with Gasteiger partial charge in [0.25, 0.3) is 0 Å². The molecule has 0 saturated heterocycles. The first kappa shape index (κ1) is 9.71. The molecule has 0 aromatic carbocycles. The molecule has 0 aliphatic carbocycles. The molecule has 1 unspecified atom stereocenters. The van der Waals surface area contributed by atoms with Gasteiger partial charge in [0, 0.05) is 11.4 Å². The molecule has 12 heavy (non-hydrogen) atoms. The Hall–Kier alpha value is -0.380. The van der Waals surface area contributed by atoms with Crippen molar-refractivity contribution in [3.05, 3.63) is 21.9 Å². The van der Waals surface area contributed by atoms with Crippen LogP contribution in [0.5, 0.6) is 0 Å². The van der Waals surface area contributed by atoms with E-state index in [0.717, 1.165) is 10.4 Å². The second-order valence-corrected chi connectivity index (χ2v) is 4.10. The standard InChI is InChI=1S/C9H15NOS/c1-3-9(11,6-10)8-4-5-12-7(8)2/h4-5,11H,3,6,10H2,1-2H3. The number of thiophene rings is 1. The normalized spacial score (nSPS) is 16.0. The van der Waals surface area contributed by atoms with Crippen molar-refractivity contribution in [3.63, 3.8) is 0 Å². The van der Waals surface area contributed by atoms with Crippen molar-refractivity contribution in [2.24, 2.45) is 5.73 Å². The lowest BCUT2D eigenvalue weighted by Gasteiger charge is -2.24. The highest BCUT2D eigenvalue weighted by atomic mass is 32.1. The smallest absolute Gasteiger partial charge is 0.103 e. The maximum Gasteiger partial charge on any atom is 0.103 e. The largest absolute Gasteiger partial charge is 0.384 e. The van der Waals surface area contributed by atoms with Crippen LogP contribution in [0.25, 0.3) is 0 Å². The molecule has 1 aromatic heterocycles. The van der Waals surface area contributed by atoms with E-state index in [1.165, 1.54) is 0 Å². The molecule has 0 saturated carbocycles. The van der Waals surface area contributed by atoms with Crippen LogP contribution in [0.15, 0.2) is 11.4 Å². The summed E-state index contributed by atoms with van der Waals surface area (Å²) in [6, 6.07) is 1.95. The van der Waals surface area contributed by atoms with E-state index in [1.54, 1.807) is 11.3 Å². The van der Waals surface area contributed by atoms with Crippen molar-refractivity contribution < 1.29 is 5.11 Å². The van der Waals surface area contributed by atoms with Crippen molar-refractivity contribution >= 4 is 11.3 Å². The van der Waals surface area contributed by atoms with Crippen LogP contribution in [0.3, 0.4) is 0 Å². The number of aliphatic hydroxyl groups is 1. The van der Waals surface area contributed by atoms with E-state index in [9.17, 15) is 5.11 Å². The molecule has 0 aliphatic heterocycles. The van der Waals surface area contributed by atoms with Crippen LogP contribution in [0, 0.1) is 6.92 Å². The molecule has 0 bridgehead atoms. The number of aryl methyl sites for hydroxylation is 1. The maximum atomic E-state index is 10.1. The Morgan fingerprint density at radius 1 is 1.67 bits per heavy atom. The molecule has 2 nitrogen and oxygen atoms in total. The van der Waals surface area contributed by atoms with Gasteiger partial charge in [-0.15, -0.1) is 11.3 Å². The van der Waals surface area contributed by atoms with Gasteiger partial charge in [0.2, 0.25) is 0 Å². The molecule has 1 heterocycles. The SMILES string of the molecule is CCC(O)(CN)c1ccsc1C. The lowest BCUT2D eigenvalue weighted by Crippen LogP contribution is -2.34. The summed E-state index contributed by atoms with van der Waals surface area (Å²) in [5.41, 5.74) is 5.70. The van der Waals surface area contributed by atoms with E-state index in [1.807, 2.05) is 25.3 Å². The van der Waals surface area contributed by atoms with Gasteiger partial charge < -0.3 is 10.8 Å². The van der Waals surface area contributed by atoms with Gasteiger partial charge in [-0.1, -0.05) is 6.92 Å². The number of hydrogen-bond acceptors (Lipinski definition) is 3. The first-order valence-electron chi connectivity index (χ1n) is 4.11. The lowest BCUT2D eigenvalue weighted by atomic mass is 9.92. The number of rotatable bonds is 3. The molecule has 0 aliphatic rings. The highest BCUT2D eigenvalue weighted by molar-refractivity contribution is 7.10. The predicted molar refractivity (Wildman–Crippen MR) is 52.3 cm³/mol. The molecule has 0 fully saturated rings. The van der Waals surface area contributed by atoms with Crippen molar-refractivity contribution in [2.45, 2.75) is 25.9 Å². The highest BCUT2D eigenvalue weighted by Crippen LogP contribution is 2.29. The Morgan fingerprint density at radius 2 is 2.33 bits per heavy atom. The molecular formula is C9H15NOS. The number of hydrogen-bond donors (Lipinski definition) is 2. The first-order valence-corrected chi connectivity index (χ1v) is 4.99. The molecule has 3 N–H and O–H groups in total. The molecule has 0 amide bonds. The number of nitrogens with two attached hydrogens (primary N) is 1. The minimum Gasteiger partial charge on any atom is -0.384 e. The fraction of sp³-hybridized carbons (Fsp3) is 0.556. The third-order valence-electron chi connectivity index (χ3n) is 2.28. The molecule has 1 atom stereocenters. The summed E-state index contributed by atoms with van der Waals surface area (Å²) in [4.78, 5) is 1.16. The fourth-order valence-electron chi connectivity index (χ4n) is 1.31. The van der Waals surface area contributed by atoms with Crippen molar-refractivity contribution in [1.82, 2.24) is 0 Å². The van der Waals surface area contributed by atoms with Crippen molar-refractivity contribution in [3.8, 4) is 0 Å². The predicted octanol–water partition coefficient (Wildman–Crippen LogP) is 1.61. The van der Waals surface area contributed by atoms with Crippen LogP contribution in [-0.4, -0.2) is 11.7 Å². The topological polar surface area (TPSA) is 46.2 Å². The van der Waals surface area contributed by atoms with Crippen LogP contribution < -0.4 is 5.73 Å². The summed E-state index contributed by atoms with van der Waals surface area (Å²) in [5, 5.41) is 12.0. The fourth-order valence-corrected chi connectivity index (χ4v) is 2.11. The van der Waals surface area contributed by atoms with E-state index in [-0.39, 0.29) is 0 Å². The molecule has 0 radical (unpaired) electrons. The van der Waals surface area contributed by atoms with Crippen LogP contribution in [-0.2, 0) is 5.60 Å². The average molecular weight is 185 g/mol. The summed E-state index contributed by atoms with van der Waals surface area (Å²) in [6.07, 6.45) is 0.668. The Balaban J connectivity index is 3.02. The van der Waals surface area contributed by atoms with E-state index >= 15 is 0 Å². The van der Waals surface area contributed by atoms with Gasteiger partial charge >= 0.3 is 0 Å². The van der Waals surface area contributed by atoms with Gasteiger partial charge in [-0.25, -0.2) is 0 Å². The van der Waals surface area contributed by atoms with Gasteiger partial charge in [-0.2, -0.15) is 0 Å². The summed E-state index contributed by atoms with van der Waals surface area (Å²) in [5.74, 6) is 0. The lowest BCUT2D eigenvalue weighted by molar-refractivity contribution is 0.0417. The van der Waals surface area contributed by atoms with Crippen LogP contribution in [0.1, 0.15) is 23.8 Å². The molecule has 68 valence electrons. The van der Waals surface area contributed by atoms with E-state index in [4.69, 9.17) is 5.73 Å². The Bertz CT molecular complexity index is 253. The summed E-state index contributed by atoms with van der Waals surface area (Å²) >= 11 is 1.65. The second kappa shape index (κ2) is 3.56. The average Bonchev–Trinajstić information content (AvgIpc) is 2.51. The molecule has 3 heteroatoms. The Labute approximate surface area is 77.0 Å². The second-order valence-electron chi connectivity index (χ2n) is 2.98. The zero-order chi connectivity index (χ0) is 9.19. The van der Waals surface area contributed by atoms with Crippen molar-refractivity contribution in [1.29, 1.82) is 0 Å². The quantitative estimate of drug-likeness (QED) is 0.751. The highest BCUT2D eigenvalue weighted by Gasteiger charge is 2.27. The summed E-state index contributed by atoms with van der Waals surface area (Å²) < 4.78 is 0. The van der Waals surface area contributed by atoms with Crippen LogP contribution in [0.4, 0.5) is 0 Å². The minimum atomic E-state index is -0.815. The Morgan fingerprint density at radius 3 is 2.67 bits per heavy atom. The first-order chi connectivity index (χ1) is 5.64. The monoisotopic (exact) mass is 185 g/mol. The van der Waals surface area contributed by atoms with Crippen LogP contribution >= 0.6 is 11.3 Å². The van der Waals surface area contributed by atoms with Gasteiger partial charge in [0.05, 0.1) is 0 Å². The van der Waals surface area contributed by atoms with E-state index < -0.39 is 5.60 Å². The molecule has 1 rings (SSSR count). The van der Waals surface area contributed by atoms with Gasteiger partial charge in [-0.3, -0.25) is 0 Å². The third-order valence-corrected chi connectivity index (χ3v) is 3.13. The molecule has 1 aromatic rings. The van der Waals surface area contributed by atoms with E-state index in [0.29, 0.717) is 13.0 Å². The zero-order valence-corrected chi connectivity index (χ0v) is 8.32. The molecular weight excluding hydrogens is 170 g/mol. The van der Waals surface area contributed by atoms with Gasteiger partial charge in [-0.05, 0) is 30.4 Å². The summed E-state index contributed by atoms with van der Waals surface area (Å²) in [6.45, 7) is 4.25. The van der Waals surface area contributed by atoms with Crippen LogP contribution in [0.2, 0.25) is 0 Å².